The first-order valence-corrected chi connectivity index (χ1v) is 10.9. The van der Waals surface area contributed by atoms with Crippen LogP contribution in [0.5, 0.6) is 0 Å². The van der Waals surface area contributed by atoms with Crippen LogP contribution in [-0.4, -0.2) is 55.8 Å². The fourth-order valence-corrected chi connectivity index (χ4v) is 5.99. The van der Waals surface area contributed by atoms with E-state index in [1.807, 2.05) is 0 Å². The van der Waals surface area contributed by atoms with E-state index < -0.39 is 0 Å². The summed E-state index contributed by atoms with van der Waals surface area (Å²) in [7, 11) is 0. The SMILES string of the molecule is CCNC(=NCc1nnc2n1CCC2)N1CCSC2(CCCCC2)C1. The lowest BCUT2D eigenvalue weighted by Crippen LogP contribution is -2.53. The molecule has 0 amide bonds. The average molecular weight is 363 g/mol. The summed E-state index contributed by atoms with van der Waals surface area (Å²) < 4.78 is 2.71. The number of rotatable bonds is 3. The van der Waals surface area contributed by atoms with Gasteiger partial charge >= 0.3 is 0 Å². The minimum atomic E-state index is 0.461. The zero-order valence-electron chi connectivity index (χ0n) is 15.3. The van der Waals surface area contributed by atoms with E-state index in [1.54, 1.807) is 0 Å². The summed E-state index contributed by atoms with van der Waals surface area (Å²) in [6, 6.07) is 0. The van der Waals surface area contributed by atoms with Crippen molar-refractivity contribution in [1.82, 2.24) is 25.0 Å². The van der Waals surface area contributed by atoms with Crippen LogP contribution in [-0.2, 0) is 19.5 Å². The summed E-state index contributed by atoms with van der Waals surface area (Å²) in [6.07, 6.45) is 9.17. The number of guanidine groups is 1. The van der Waals surface area contributed by atoms with Crippen molar-refractivity contribution in [2.45, 2.75) is 69.7 Å². The zero-order valence-corrected chi connectivity index (χ0v) is 16.2. The average Bonchev–Trinajstić information content (AvgIpc) is 3.23. The maximum absolute atomic E-state index is 4.93. The Hall–Kier alpha value is -1.24. The van der Waals surface area contributed by atoms with Gasteiger partial charge in [0.15, 0.2) is 11.8 Å². The molecule has 6 nitrogen and oxygen atoms in total. The monoisotopic (exact) mass is 362 g/mol. The van der Waals surface area contributed by atoms with Crippen LogP contribution < -0.4 is 5.32 Å². The molecule has 25 heavy (non-hydrogen) atoms. The van der Waals surface area contributed by atoms with Crippen molar-refractivity contribution in [3.05, 3.63) is 11.6 Å². The first kappa shape index (κ1) is 17.2. The van der Waals surface area contributed by atoms with E-state index in [2.05, 4.69) is 43.7 Å². The third-order valence-electron chi connectivity index (χ3n) is 5.70. The number of hydrogen-bond donors (Lipinski definition) is 1. The van der Waals surface area contributed by atoms with Gasteiger partial charge in [-0.1, -0.05) is 19.3 Å². The Morgan fingerprint density at radius 1 is 1.20 bits per heavy atom. The molecule has 4 rings (SSSR count). The second kappa shape index (κ2) is 7.56. The molecule has 2 fully saturated rings. The Kier molecular flexibility index (Phi) is 5.20. The summed E-state index contributed by atoms with van der Waals surface area (Å²) in [4.78, 5) is 7.43. The predicted molar refractivity (Wildman–Crippen MR) is 103 cm³/mol. The first-order valence-electron chi connectivity index (χ1n) is 9.88. The highest BCUT2D eigenvalue weighted by atomic mass is 32.2. The normalized spacial score (nSPS) is 23.1. The lowest BCUT2D eigenvalue weighted by molar-refractivity contribution is 0.293. The van der Waals surface area contributed by atoms with Crippen molar-refractivity contribution in [2.24, 2.45) is 4.99 Å². The largest absolute Gasteiger partial charge is 0.357 e. The molecule has 1 saturated carbocycles. The van der Waals surface area contributed by atoms with Crippen LogP contribution in [0.2, 0.25) is 0 Å². The molecule has 0 radical (unpaired) electrons. The highest BCUT2D eigenvalue weighted by Crippen LogP contribution is 2.42. The Labute approximate surface area is 154 Å². The van der Waals surface area contributed by atoms with Gasteiger partial charge in [-0.15, -0.1) is 10.2 Å². The van der Waals surface area contributed by atoms with E-state index in [0.717, 1.165) is 50.2 Å². The summed E-state index contributed by atoms with van der Waals surface area (Å²) in [5.74, 6) is 4.42. The second-order valence-electron chi connectivity index (χ2n) is 7.47. The lowest BCUT2D eigenvalue weighted by Gasteiger charge is -2.45. The van der Waals surface area contributed by atoms with Crippen molar-refractivity contribution < 1.29 is 0 Å². The molecule has 0 aromatic carbocycles. The van der Waals surface area contributed by atoms with Gasteiger partial charge in [0.2, 0.25) is 0 Å². The molecule has 138 valence electrons. The van der Waals surface area contributed by atoms with Gasteiger partial charge in [0.1, 0.15) is 12.4 Å². The zero-order chi connectivity index (χ0) is 17.1. The second-order valence-corrected chi connectivity index (χ2v) is 9.03. The topological polar surface area (TPSA) is 58.3 Å². The van der Waals surface area contributed by atoms with Crippen LogP contribution in [0.15, 0.2) is 4.99 Å². The Morgan fingerprint density at radius 3 is 2.92 bits per heavy atom. The molecule has 1 saturated heterocycles. The number of fused-ring (bicyclic) bond motifs is 1. The third-order valence-corrected chi connectivity index (χ3v) is 7.24. The van der Waals surface area contributed by atoms with E-state index in [1.165, 1.54) is 44.3 Å². The third kappa shape index (κ3) is 3.66. The molecule has 3 heterocycles. The van der Waals surface area contributed by atoms with Crippen molar-refractivity contribution in [3.8, 4) is 0 Å². The molecule has 7 heteroatoms. The van der Waals surface area contributed by atoms with Gasteiger partial charge in [-0.2, -0.15) is 11.8 Å². The molecule has 2 aliphatic heterocycles. The maximum Gasteiger partial charge on any atom is 0.194 e. The van der Waals surface area contributed by atoms with E-state index in [-0.39, 0.29) is 0 Å². The Balaban J connectivity index is 1.47. The van der Waals surface area contributed by atoms with Crippen LogP contribution in [0.3, 0.4) is 0 Å². The Bertz CT molecular complexity index is 614. The molecule has 1 N–H and O–H groups in total. The van der Waals surface area contributed by atoms with E-state index >= 15 is 0 Å². The number of nitrogens with zero attached hydrogens (tertiary/aromatic N) is 5. The highest BCUT2D eigenvalue weighted by molar-refractivity contribution is 8.00. The van der Waals surface area contributed by atoms with Gasteiger partial charge in [0.25, 0.3) is 0 Å². The number of hydrogen-bond acceptors (Lipinski definition) is 4. The number of aryl methyl sites for hydroxylation is 1. The predicted octanol–water partition coefficient (Wildman–Crippen LogP) is 2.44. The standard InChI is InChI=1S/C18H30N6S/c1-2-19-17(20-13-16-22-21-15-7-6-10-24(15)16)23-11-12-25-18(14-23)8-4-3-5-9-18/h2-14H2,1H3,(H,19,20). The molecule has 1 aromatic rings. The minimum Gasteiger partial charge on any atom is -0.357 e. The van der Waals surface area contributed by atoms with Crippen molar-refractivity contribution in [2.75, 3.05) is 25.4 Å². The van der Waals surface area contributed by atoms with Crippen molar-refractivity contribution >= 4 is 17.7 Å². The fourth-order valence-electron chi connectivity index (χ4n) is 4.42. The van der Waals surface area contributed by atoms with Gasteiger partial charge in [-0.25, -0.2) is 4.99 Å². The van der Waals surface area contributed by atoms with Gasteiger partial charge < -0.3 is 14.8 Å². The molecule has 1 spiro atoms. The van der Waals surface area contributed by atoms with Gasteiger partial charge in [0.05, 0.1) is 0 Å². The maximum atomic E-state index is 4.93. The smallest absolute Gasteiger partial charge is 0.194 e. The van der Waals surface area contributed by atoms with E-state index in [9.17, 15) is 0 Å². The number of thioether (sulfide) groups is 1. The van der Waals surface area contributed by atoms with Crippen LogP contribution in [0.25, 0.3) is 0 Å². The van der Waals surface area contributed by atoms with Crippen LogP contribution >= 0.6 is 11.8 Å². The van der Waals surface area contributed by atoms with Crippen LogP contribution in [0.1, 0.15) is 57.1 Å². The Morgan fingerprint density at radius 2 is 2.08 bits per heavy atom. The number of aliphatic imine (C=N–C) groups is 1. The molecule has 0 bridgehead atoms. The summed E-state index contributed by atoms with van der Waals surface area (Å²) in [5, 5.41) is 12.2. The summed E-state index contributed by atoms with van der Waals surface area (Å²) in [6.45, 7) is 6.98. The molecular weight excluding hydrogens is 332 g/mol. The molecular formula is C18H30N6S. The summed E-state index contributed by atoms with van der Waals surface area (Å²) in [5.41, 5.74) is 0. The van der Waals surface area contributed by atoms with E-state index in [4.69, 9.17) is 4.99 Å². The van der Waals surface area contributed by atoms with E-state index in [0.29, 0.717) is 11.3 Å². The molecule has 1 aliphatic carbocycles. The van der Waals surface area contributed by atoms with Crippen LogP contribution in [0, 0.1) is 0 Å². The molecule has 3 aliphatic rings. The van der Waals surface area contributed by atoms with Gasteiger partial charge in [-0.05, 0) is 26.2 Å². The molecule has 1 aromatic heterocycles. The molecule has 0 unspecified atom stereocenters. The number of nitrogens with one attached hydrogen (secondary N) is 1. The molecule has 0 atom stereocenters. The van der Waals surface area contributed by atoms with Gasteiger partial charge in [0, 0.05) is 43.1 Å². The first-order chi connectivity index (χ1) is 12.3. The summed E-state index contributed by atoms with van der Waals surface area (Å²) >= 11 is 2.21. The lowest BCUT2D eigenvalue weighted by atomic mass is 9.87. The fraction of sp³-hybridized carbons (Fsp3) is 0.833. The van der Waals surface area contributed by atoms with Gasteiger partial charge in [-0.3, -0.25) is 0 Å². The van der Waals surface area contributed by atoms with Crippen molar-refractivity contribution in [1.29, 1.82) is 0 Å². The minimum absolute atomic E-state index is 0.461. The van der Waals surface area contributed by atoms with Crippen molar-refractivity contribution in [3.63, 3.8) is 0 Å². The quantitative estimate of drug-likeness (QED) is 0.661. The highest BCUT2D eigenvalue weighted by Gasteiger charge is 2.38. The van der Waals surface area contributed by atoms with Crippen LogP contribution in [0.4, 0.5) is 0 Å². The number of aromatic nitrogens is 3.